The number of halogens is 2. The number of likely N-dealkylation sites (N-methyl/N-ethyl adjacent to an activating group) is 1. The summed E-state index contributed by atoms with van der Waals surface area (Å²) in [6.07, 6.45) is 0. The van der Waals surface area contributed by atoms with Gasteiger partial charge in [0.15, 0.2) is 0 Å². The van der Waals surface area contributed by atoms with Crippen LogP contribution in [0.5, 0.6) is 0 Å². The van der Waals surface area contributed by atoms with Gasteiger partial charge in [-0.3, -0.25) is 4.79 Å². The summed E-state index contributed by atoms with van der Waals surface area (Å²) in [7, 11) is 1.52. The average Bonchev–Trinajstić information content (AvgIpc) is 2.50. The van der Waals surface area contributed by atoms with Crippen molar-refractivity contribution in [3.63, 3.8) is 0 Å². The fourth-order valence-electron chi connectivity index (χ4n) is 1.58. The predicted molar refractivity (Wildman–Crippen MR) is 46.8 cm³/mol. The summed E-state index contributed by atoms with van der Waals surface area (Å²) in [6.45, 7) is 0. The van der Waals surface area contributed by atoms with Crippen LogP contribution in [0.1, 0.15) is 11.6 Å². The SMILES string of the molecule is CNC1C(=O)Nc2c(F)ccc(F)c21. The molecule has 0 fully saturated rings. The summed E-state index contributed by atoms with van der Waals surface area (Å²) in [5.74, 6) is -1.64. The van der Waals surface area contributed by atoms with E-state index in [1.54, 1.807) is 0 Å². The van der Waals surface area contributed by atoms with Crippen LogP contribution >= 0.6 is 0 Å². The second-order valence-corrected chi connectivity index (χ2v) is 3.03. The number of hydrogen-bond acceptors (Lipinski definition) is 2. The Morgan fingerprint density at radius 1 is 1.36 bits per heavy atom. The van der Waals surface area contributed by atoms with Crippen LogP contribution in [-0.2, 0) is 4.79 Å². The smallest absolute Gasteiger partial charge is 0.246 e. The van der Waals surface area contributed by atoms with Crippen LogP contribution in [0.25, 0.3) is 0 Å². The molecule has 0 spiro atoms. The standard InChI is InChI=1S/C9H8F2N2O/c1-12-8-6-4(10)2-3-5(11)7(6)13-9(8)14/h2-3,8,12H,1H3,(H,13,14). The highest BCUT2D eigenvalue weighted by atomic mass is 19.1. The van der Waals surface area contributed by atoms with Crippen molar-refractivity contribution in [3.05, 3.63) is 29.3 Å². The van der Waals surface area contributed by atoms with Crippen molar-refractivity contribution in [1.82, 2.24) is 5.32 Å². The molecule has 1 aliphatic heterocycles. The Morgan fingerprint density at radius 2 is 2.00 bits per heavy atom. The van der Waals surface area contributed by atoms with E-state index in [0.717, 1.165) is 12.1 Å². The van der Waals surface area contributed by atoms with E-state index in [1.165, 1.54) is 7.05 Å². The number of amides is 1. The first-order valence-electron chi connectivity index (χ1n) is 4.11. The summed E-state index contributed by atoms with van der Waals surface area (Å²) < 4.78 is 26.4. The monoisotopic (exact) mass is 198 g/mol. The molecule has 2 N–H and O–H groups in total. The van der Waals surface area contributed by atoms with Crippen LogP contribution in [0.3, 0.4) is 0 Å². The molecule has 3 nitrogen and oxygen atoms in total. The predicted octanol–water partition coefficient (Wildman–Crippen LogP) is 1.18. The van der Waals surface area contributed by atoms with Crippen LogP contribution in [0.2, 0.25) is 0 Å². The molecule has 0 aliphatic carbocycles. The van der Waals surface area contributed by atoms with Gasteiger partial charge in [-0.1, -0.05) is 0 Å². The lowest BCUT2D eigenvalue weighted by atomic mass is 10.1. The van der Waals surface area contributed by atoms with E-state index in [-0.39, 0.29) is 11.3 Å². The maximum atomic E-state index is 13.3. The minimum atomic E-state index is -0.805. The molecule has 1 aliphatic rings. The van der Waals surface area contributed by atoms with E-state index in [1.807, 2.05) is 0 Å². The number of benzene rings is 1. The quantitative estimate of drug-likeness (QED) is 0.711. The summed E-state index contributed by atoms with van der Waals surface area (Å²) in [5.41, 5.74) is -0.00755. The molecule has 5 heteroatoms. The van der Waals surface area contributed by atoms with Gasteiger partial charge in [0.1, 0.15) is 17.7 Å². The molecule has 74 valence electrons. The third kappa shape index (κ3) is 1.09. The van der Waals surface area contributed by atoms with Gasteiger partial charge in [-0.25, -0.2) is 8.78 Å². The largest absolute Gasteiger partial charge is 0.322 e. The van der Waals surface area contributed by atoms with Crippen molar-refractivity contribution in [2.24, 2.45) is 0 Å². The van der Waals surface area contributed by atoms with E-state index < -0.39 is 23.6 Å². The van der Waals surface area contributed by atoms with Crippen LogP contribution in [0.15, 0.2) is 12.1 Å². The molecule has 14 heavy (non-hydrogen) atoms. The van der Waals surface area contributed by atoms with Crippen LogP contribution in [-0.4, -0.2) is 13.0 Å². The van der Waals surface area contributed by atoms with Crippen molar-refractivity contribution < 1.29 is 13.6 Å². The van der Waals surface area contributed by atoms with Gasteiger partial charge in [-0.2, -0.15) is 0 Å². The Bertz CT molecular complexity index is 406. The topological polar surface area (TPSA) is 41.1 Å². The highest BCUT2D eigenvalue weighted by Gasteiger charge is 2.34. The minimum Gasteiger partial charge on any atom is -0.322 e. The average molecular weight is 198 g/mol. The molecule has 0 bridgehead atoms. The third-order valence-electron chi connectivity index (χ3n) is 2.23. The number of carbonyl (C=O) groups excluding carboxylic acids is 1. The molecule has 0 radical (unpaired) electrons. The molecule has 1 unspecified atom stereocenters. The van der Waals surface area contributed by atoms with Gasteiger partial charge in [0.25, 0.3) is 0 Å². The van der Waals surface area contributed by atoms with Crippen molar-refractivity contribution in [2.75, 3.05) is 12.4 Å². The van der Waals surface area contributed by atoms with E-state index >= 15 is 0 Å². The first-order chi connectivity index (χ1) is 6.65. The number of carbonyl (C=O) groups is 1. The molecule has 1 atom stereocenters. The van der Waals surface area contributed by atoms with E-state index in [4.69, 9.17) is 0 Å². The van der Waals surface area contributed by atoms with Gasteiger partial charge >= 0.3 is 0 Å². The molecule has 1 heterocycles. The van der Waals surface area contributed by atoms with Crippen LogP contribution in [0, 0.1) is 11.6 Å². The van der Waals surface area contributed by atoms with Gasteiger partial charge in [-0.05, 0) is 19.2 Å². The fraction of sp³-hybridized carbons (Fsp3) is 0.222. The van der Waals surface area contributed by atoms with Gasteiger partial charge in [-0.15, -0.1) is 0 Å². The zero-order valence-corrected chi connectivity index (χ0v) is 7.40. The molecule has 2 rings (SSSR count). The van der Waals surface area contributed by atoms with Crippen LogP contribution in [0.4, 0.5) is 14.5 Å². The lowest BCUT2D eigenvalue weighted by molar-refractivity contribution is -0.117. The Hall–Kier alpha value is -1.49. The van der Waals surface area contributed by atoms with Crippen molar-refractivity contribution in [1.29, 1.82) is 0 Å². The third-order valence-corrected chi connectivity index (χ3v) is 2.23. The summed E-state index contributed by atoms with van der Waals surface area (Å²) >= 11 is 0. The van der Waals surface area contributed by atoms with Crippen LogP contribution < -0.4 is 10.6 Å². The van der Waals surface area contributed by atoms with Crippen molar-refractivity contribution >= 4 is 11.6 Å². The second-order valence-electron chi connectivity index (χ2n) is 3.03. The molecule has 1 aromatic carbocycles. The zero-order chi connectivity index (χ0) is 10.3. The number of rotatable bonds is 1. The fourth-order valence-corrected chi connectivity index (χ4v) is 1.58. The minimum absolute atomic E-state index is 0.0532. The number of fused-ring (bicyclic) bond motifs is 1. The summed E-state index contributed by atoms with van der Waals surface area (Å²) in [5, 5.41) is 4.91. The van der Waals surface area contributed by atoms with Crippen molar-refractivity contribution in [2.45, 2.75) is 6.04 Å². The molecular weight excluding hydrogens is 190 g/mol. The number of hydrogen-bond donors (Lipinski definition) is 2. The maximum absolute atomic E-state index is 13.3. The Labute approximate surface area is 79.1 Å². The van der Waals surface area contributed by atoms with Crippen molar-refractivity contribution in [3.8, 4) is 0 Å². The zero-order valence-electron chi connectivity index (χ0n) is 7.40. The van der Waals surface area contributed by atoms with E-state index in [9.17, 15) is 13.6 Å². The molecule has 0 saturated heterocycles. The summed E-state index contributed by atoms with van der Waals surface area (Å²) in [4.78, 5) is 11.3. The lowest BCUT2D eigenvalue weighted by Gasteiger charge is -2.07. The first kappa shape index (κ1) is 9.08. The maximum Gasteiger partial charge on any atom is 0.246 e. The van der Waals surface area contributed by atoms with Gasteiger partial charge < -0.3 is 10.6 Å². The second kappa shape index (κ2) is 3.02. The molecule has 1 aromatic rings. The van der Waals surface area contributed by atoms with E-state index in [0.29, 0.717) is 0 Å². The highest BCUT2D eigenvalue weighted by molar-refractivity contribution is 6.02. The first-order valence-corrected chi connectivity index (χ1v) is 4.11. The molecular formula is C9H8F2N2O. The number of nitrogens with one attached hydrogen (secondary N) is 2. The Balaban J connectivity index is 2.62. The Kier molecular flexibility index (Phi) is 1.96. The molecule has 0 saturated carbocycles. The lowest BCUT2D eigenvalue weighted by Crippen LogP contribution is -2.24. The molecule has 0 aromatic heterocycles. The highest BCUT2D eigenvalue weighted by Crippen LogP contribution is 2.34. The summed E-state index contributed by atoms with van der Waals surface area (Å²) in [6, 6.07) is 1.20. The normalized spacial score (nSPS) is 19.4. The molecule has 1 amide bonds. The van der Waals surface area contributed by atoms with E-state index in [2.05, 4.69) is 10.6 Å². The number of anilines is 1. The van der Waals surface area contributed by atoms with Gasteiger partial charge in [0, 0.05) is 5.56 Å². The Morgan fingerprint density at radius 3 is 2.64 bits per heavy atom. The van der Waals surface area contributed by atoms with Gasteiger partial charge in [0.05, 0.1) is 5.69 Å². The van der Waals surface area contributed by atoms with Gasteiger partial charge in [0.2, 0.25) is 5.91 Å².